The molecule has 7 nitrogen and oxygen atoms in total. The van der Waals surface area contributed by atoms with Crippen molar-refractivity contribution in [3.63, 3.8) is 0 Å². The van der Waals surface area contributed by atoms with Gasteiger partial charge in [-0.15, -0.1) is 0 Å². The second-order valence-corrected chi connectivity index (χ2v) is 4.20. The smallest absolute Gasteiger partial charge is 0.343 e. The SMILES string of the molecule is COc1cc([N+](=O)[O-])cc(C=O)c1OC(=O)c1ccccc1. The van der Waals surface area contributed by atoms with Gasteiger partial charge in [0.15, 0.2) is 17.8 Å². The van der Waals surface area contributed by atoms with E-state index in [4.69, 9.17) is 9.47 Å². The number of carbonyl (C=O) groups is 2. The lowest BCUT2D eigenvalue weighted by molar-refractivity contribution is -0.385. The first-order valence-corrected chi connectivity index (χ1v) is 6.15. The molecule has 0 saturated carbocycles. The summed E-state index contributed by atoms with van der Waals surface area (Å²) < 4.78 is 10.1. The van der Waals surface area contributed by atoms with Gasteiger partial charge >= 0.3 is 5.97 Å². The van der Waals surface area contributed by atoms with Crippen LogP contribution in [0.1, 0.15) is 20.7 Å². The lowest BCUT2D eigenvalue weighted by Gasteiger charge is -2.11. The van der Waals surface area contributed by atoms with Gasteiger partial charge in [0.05, 0.1) is 29.2 Å². The molecule has 0 aliphatic rings. The molecule has 0 aliphatic carbocycles. The molecule has 0 heterocycles. The van der Waals surface area contributed by atoms with E-state index >= 15 is 0 Å². The Balaban J connectivity index is 2.43. The number of esters is 1. The number of carbonyl (C=O) groups excluding carboxylic acids is 2. The number of hydrogen-bond donors (Lipinski definition) is 0. The third kappa shape index (κ3) is 3.09. The van der Waals surface area contributed by atoms with Gasteiger partial charge < -0.3 is 9.47 Å². The Bertz CT molecular complexity index is 726. The Morgan fingerprint density at radius 1 is 1.23 bits per heavy atom. The van der Waals surface area contributed by atoms with Crippen LogP contribution in [0.2, 0.25) is 0 Å². The van der Waals surface area contributed by atoms with E-state index in [2.05, 4.69) is 0 Å². The number of nitro groups is 1. The van der Waals surface area contributed by atoms with E-state index in [-0.39, 0.29) is 28.3 Å². The Hall–Kier alpha value is -3.22. The summed E-state index contributed by atoms with van der Waals surface area (Å²) in [7, 11) is 1.26. The third-order valence-corrected chi connectivity index (χ3v) is 2.83. The Morgan fingerprint density at radius 3 is 2.45 bits per heavy atom. The Labute approximate surface area is 125 Å². The van der Waals surface area contributed by atoms with Crippen LogP contribution in [0.25, 0.3) is 0 Å². The van der Waals surface area contributed by atoms with Crippen molar-refractivity contribution >= 4 is 17.9 Å². The minimum atomic E-state index is -0.698. The molecule has 112 valence electrons. The van der Waals surface area contributed by atoms with Gasteiger partial charge in [0.1, 0.15) is 0 Å². The summed E-state index contributed by atoms with van der Waals surface area (Å²) in [4.78, 5) is 33.3. The maximum atomic E-state index is 12.0. The van der Waals surface area contributed by atoms with Crippen LogP contribution in [0.3, 0.4) is 0 Å². The first kappa shape index (κ1) is 15.2. The van der Waals surface area contributed by atoms with Crippen LogP contribution in [-0.4, -0.2) is 24.3 Å². The van der Waals surface area contributed by atoms with E-state index in [1.54, 1.807) is 30.3 Å². The molecule has 0 bridgehead atoms. The van der Waals surface area contributed by atoms with Crippen LogP contribution in [-0.2, 0) is 0 Å². The summed E-state index contributed by atoms with van der Waals surface area (Å²) in [6.45, 7) is 0. The van der Waals surface area contributed by atoms with Crippen LogP contribution in [0.5, 0.6) is 11.5 Å². The normalized spacial score (nSPS) is 9.86. The van der Waals surface area contributed by atoms with Crippen LogP contribution < -0.4 is 9.47 Å². The highest BCUT2D eigenvalue weighted by atomic mass is 16.6. The fourth-order valence-corrected chi connectivity index (χ4v) is 1.79. The molecule has 0 aromatic heterocycles. The summed E-state index contributed by atoms with van der Waals surface area (Å²) in [5.41, 5.74) is -0.200. The zero-order valence-corrected chi connectivity index (χ0v) is 11.5. The molecule has 0 atom stereocenters. The third-order valence-electron chi connectivity index (χ3n) is 2.83. The molecule has 0 radical (unpaired) electrons. The van der Waals surface area contributed by atoms with Crippen molar-refractivity contribution < 1.29 is 24.0 Å². The molecule has 2 aromatic carbocycles. The zero-order chi connectivity index (χ0) is 16.1. The summed E-state index contributed by atoms with van der Waals surface area (Å²) in [6.07, 6.45) is 0.364. The maximum Gasteiger partial charge on any atom is 0.343 e. The van der Waals surface area contributed by atoms with Crippen molar-refractivity contribution in [2.24, 2.45) is 0 Å². The highest BCUT2D eigenvalue weighted by Crippen LogP contribution is 2.35. The Kier molecular flexibility index (Phi) is 4.47. The van der Waals surface area contributed by atoms with Crippen LogP contribution in [0.4, 0.5) is 5.69 Å². The van der Waals surface area contributed by atoms with Crippen molar-refractivity contribution in [1.82, 2.24) is 0 Å². The molecule has 0 aliphatic heterocycles. The number of hydrogen-bond acceptors (Lipinski definition) is 6. The molecule has 22 heavy (non-hydrogen) atoms. The minimum Gasteiger partial charge on any atom is -0.493 e. The zero-order valence-electron chi connectivity index (χ0n) is 11.5. The number of non-ortho nitro benzene ring substituents is 1. The lowest BCUT2D eigenvalue weighted by Crippen LogP contribution is -2.11. The average molecular weight is 301 g/mol. The molecule has 0 spiro atoms. The number of ether oxygens (including phenoxy) is 2. The summed E-state index contributed by atoms with van der Waals surface area (Å²) in [6, 6.07) is 10.2. The largest absolute Gasteiger partial charge is 0.493 e. The molecular formula is C15H11NO6. The van der Waals surface area contributed by atoms with Crippen molar-refractivity contribution in [2.45, 2.75) is 0 Å². The summed E-state index contributed by atoms with van der Waals surface area (Å²) in [5.74, 6) is -0.923. The molecular weight excluding hydrogens is 290 g/mol. The predicted molar refractivity (Wildman–Crippen MR) is 76.4 cm³/mol. The molecule has 0 saturated heterocycles. The van der Waals surface area contributed by atoms with E-state index in [1.165, 1.54) is 7.11 Å². The first-order chi connectivity index (χ1) is 10.6. The van der Waals surface area contributed by atoms with Crippen LogP contribution in [0, 0.1) is 10.1 Å². The Morgan fingerprint density at radius 2 is 1.91 bits per heavy atom. The van der Waals surface area contributed by atoms with Gasteiger partial charge in [-0.3, -0.25) is 14.9 Å². The fourth-order valence-electron chi connectivity index (χ4n) is 1.79. The van der Waals surface area contributed by atoms with Gasteiger partial charge in [0, 0.05) is 6.07 Å². The van der Waals surface area contributed by atoms with Gasteiger partial charge in [-0.05, 0) is 12.1 Å². The highest BCUT2D eigenvalue weighted by Gasteiger charge is 2.21. The average Bonchev–Trinajstić information content (AvgIpc) is 2.55. The topological polar surface area (TPSA) is 95.7 Å². The van der Waals surface area contributed by atoms with Gasteiger partial charge in [0.25, 0.3) is 5.69 Å². The standard InChI is InChI=1S/C15H11NO6/c1-21-13-8-12(16(19)20)7-11(9-17)14(13)22-15(18)10-5-3-2-4-6-10/h2-9H,1H3. The molecule has 0 fully saturated rings. The summed E-state index contributed by atoms with van der Waals surface area (Å²) in [5, 5.41) is 10.8. The van der Waals surface area contributed by atoms with Gasteiger partial charge in [-0.2, -0.15) is 0 Å². The van der Waals surface area contributed by atoms with E-state index < -0.39 is 10.9 Å². The quantitative estimate of drug-likeness (QED) is 0.277. The number of aldehydes is 1. The van der Waals surface area contributed by atoms with E-state index in [9.17, 15) is 19.7 Å². The molecule has 0 N–H and O–H groups in total. The van der Waals surface area contributed by atoms with Crippen molar-refractivity contribution in [3.05, 3.63) is 63.7 Å². The number of nitro benzene ring substituents is 1. The van der Waals surface area contributed by atoms with Crippen molar-refractivity contribution in [2.75, 3.05) is 7.11 Å². The molecule has 7 heteroatoms. The maximum absolute atomic E-state index is 12.0. The molecule has 0 unspecified atom stereocenters. The second-order valence-electron chi connectivity index (χ2n) is 4.20. The first-order valence-electron chi connectivity index (χ1n) is 6.15. The summed E-state index contributed by atoms with van der Waals surface area (Å²) >= 11 is 0. The van der Waals surface area contributed by atoms with E-state index in [1.807, 2.05) is 0 Å². The van der Waals surface area contributed by atoms with E-state index in [0.29, 0.717) is 6.29 Å². The molecule has 0 amide bonds. The predicted octanol–water partition coefficient (Wildman–Crippen LogP) is 2.64. The minimum absolute atomic E-state index is 0.0689. The lowest BCUT2D eigenvalue weighted by atomic mass is 10.1. The van der Waals surface area contributed by atoms with Crippen LogP contribution >= 0.6 is 0 Å². The van der Waals surface area contributed by atoms with Crippen LogP contribution in [0.15, 0.2) is 42.5 Å². The van der Waals surface area contributed by atoms with Gasteiger partial charge in [-0.25, -0.2) is 4.79 Å². The molecule has 2 aromatic rings. The number of nitrogens with zero attached hydrogens (tertiary/aromatic N) is 1. The monoisotopic (exact) mass is 301 g/mol. The van der Waals surface area contributed by atoms with E-state index in [0.717, 1.165) is 12.1 Å². The highest BCUT2D eigenvalue weighted by molar-refractivity contribution is 5.93. The second kappa shape index (κ2) is 6.49. The number of benzene rings is 2. The number of rotatable bonds is 5. The van der Waals surface area contributed by atoms with Crippen molar-refractivity contribution in [1.29, 1.82) is 0 Å². The van der Waals surface area contributed by atoms with Gasteiger partial charge in [-0.1, -0.05) is 18.2 Å². The molecule has 2 rings (SSSR count). The fraction of sp³-hybridized carbons (Fsp3) is 0.0667. The van der Waals surface area contributed by atoms with Crippen molar-refractivity contribution in [3.8, 4) is 11.5 Å². The number of methoxy groups -OCH3 is 1. The van der Waals surface area contributed by atoms with Gasteiger partial charge in [0.2, 0.25) is 0 Å².